The number of hydrogen-bond donors (Lipinski definition) is 4. The highest BCUT2D eigenvalue weighted by Crippen LogP contribution is 2.30. The van der Waals surface area contributed by atoms with Crippen molar-refractivity contribution in [1.29, 1.82) is 0 Å². The van der Waals surface area contributed by atoms with E-state index in [2.05, 4.69) is 5.32 Å². The molecule has 0 saturated heterocycles. The number of hydrogen-bond acceptors (Lipinski definition) is 7. The van der Waals surface area contributed by atoms with Gasteiger partial charge in [-0.25, -0.2) is 9.59 Å². The van der Waals surface area contributed by atoms with Crippen molar-refractivity contribution in [3.8, 4) is 5.75 Å². The second kappa shape index (κ2) is 13.2. The number of aryl methyl sites for hydroxylation is 2. The third-order valence-electron chi connectivity index (χ3n) is 5.00. The number of ketones is 1. The van der Waals surface area contributed by atoms with Gasteiger partial charge < -0.3 is 29.8 Å². The fraction of sp³-hybridized carbons (Fsp3) is 0.296. The van der Waals surface area contributed by atoms with Gasteiger partial charge in [-0.05, 0) is 32.0 Å². The Balaban J connectivity index is 0.000000493. The maximum atomic E-state index is 12.8. The largest absolute Gasteiger partial charge is 0.491 e. The number of ether oxygens (including phenoxy) is 1. The van der Waals surface area contributed by atoms with Crippen LogP contribution in [0.1, 0.15) is 41.1 Å². The fourth-order valence-electron chi connectivity index (χ4n) is 3.11. The Bertz CT molecular complexity index is 1210. The second-order valence-corrected chi connectivity index (χ2v) is 8.45. The smallest absolute Gasteiger partial charge is 0.328 e. The van der Waals surface area contributed by atoms with Crippen LogP contribution in [0, 0.1) is 13.8 Å². The number of fused-ring (bicyclic) bond motifs is 1. The van der Waals surface area contributed by atoms with E-state index in [9.17, 15) is 19.5 Å². The monoisotopic (exact) mass is 497 g/mol. The number of aliphatic carboxylic acids is 2. The number of carboxylic acid groups (broad SMARTS) is 2. The molecular weight excluding hydrogens is 466 g/mol. The van der Waals surface area contributed by atoms with Gasteiger partial charge in [0.15, 0.2) is 5.76 Å². The molecule has 9 nitrogen and oxygen atoms in total. The SMILES string of the molecule is Cc1ccc(C(=O)c2oc3ccc(OCC(O)CNC(C)C)cc3c2C)cc1.O=C(O)/C=C\C(=O)O. The van der Waals surface area contributed by atoms with Crippen LogP contribution >= 0.6 is 0 Å². The molecule has 0 fully saturated rings. The molecule has 1 unspecified atom stereocenters. The Hall–Kier alpha value is -3.95. The fourth-order valence-corrected chi connectivity index (χ4v) is 3.11. The highest BCUT2D eigenvalue weighted by Gasteiger charge is 2.19. The summed E-state index contributed by atoms with van der Waals surface area (Å²) in [5.41, 5.74) is 3.13. The van der Waals surface area contributed by atoms with Crippen molar-refractivity contribution in [3.05, 3.63) is 77.1 Å². The Morgan fingerprint density at radius 1 is 1.00 bits per heavy atom. The van der Waals surface area contributed by atoms with Crippen LogP contribution in [0.5, 0.6) is 5.75 Å². The number of furan rings is 1. The summed E-state index contributed by atoms with van der Waals surface area (Å²) in [6.45, 7) is 8.57. The first-order chi connectivity index (χ1) is 17.0. The van der Waals surface area contributed by atoms with Crippen molar-refractivity contribution >= 4 is 28.7 Å². The molecule has 0 aliphatic heterocycles. The van der Waals surface area contributed by atoms with E-state index in [1.165, 1.54) is 0 Å². The van der Waals surface area contributed by atoms with Crippen LogP contribution in [0.4, 0.5) is 0 Å². The second-order valence-electron chi connectivity index (χ2n) is 8.45. The van der Waals surface area contributed by atoms with Crippen LogP contribution in [0.3, 0.4) is 0 Å². The van der Waals surface area contributed by atoms with Crippen LogP contribution in [-0.4, -0.2) is 58.3 Å². The summed E-state index contributed by atoms with van der Waals surface area (Å²) in [4.78, 5) is 31.9. The lowest BCUT2D eigenvalue weighted by molar-refractivity contribution is -0.134. The Labute approximate surface area is 209 Å². The van der Waals surface area contributed by atoms with E-state index in [0.717, 1.165) is 16.5 Å². The molecule has 1 heterocycles. The van der Waals surface area contributed by atoms with Crippen LogP contribution in [0.2, 0.25) is 0 Å². The number of aliphatic hydroxyl groups excluding tert-OH is 1. The van der Waals surface area contributed by atoms with Crippen LogP contribution < -0.4 is 10.1 Å². The Morgan fingerprint density at radius 2 is 1.61 bits per heavy atom. The summed E-state index contributed by atoms with van der Waals surface area (Å²) < 4.78 is 11.5. The Kier molecular flexibility index (Phi) is 10.4. The molecule has 1 aromatic heterocycles. The van der Waals surface area contributed by atoms with Gasteiger partial charge in [-0.3, -0.25) is 4.79 Å². The van der Waals surface area contributed by atoms with E-state index in [1.807, 2.05) is 58.0 Å². The van der Waals surface area contributed by atoms with E-state index < -0.39 is 18.0 Å². The number of carbonyl (C=O) groups excluding carboxylic acids is 1. The van der Waals surface area contributed by atoms with Crippen molar-refractivity contribution in [2.45, 2.75) is 39.8 Å². The van der Waals surface area contributed by atoms with Crippen molar-refractivity contribution in [1.82, 2.24) is 5.32 Å². The van der Waals surface area contributed by atoms with E-state index in [4.69, 9.17) is 19.4 Å². The molecule has 192 valence electrons. The van der Waals surface area contributed by atoms with Crippen molar-refractivity contribution < 1.29 is 38.9 Å². The highest BCUT2D eigenvalue weighted by atomic mass is 16.5. The van der Waals surface area contributed by atoms with Crippen molar-refractivity contribution in [2.75, 3.05) is 13.2 Å². The summed E-state index contributed by atoms with van der Waals surface area (Å²) in [6.07, 6.45) is 0.521. The van der Waals surface area contributed by atoms with Crippen molar-refractivity contribution in [2.24, 2.45) is 0 Å². The van der Waals surface area contributed by atoms with Crippen molar-refractivity contribution in [3.63, 3.8) is 0 Å². The van der Waals surface area contributed by atoms with E-state index in [-0.39, 0.29) is 12.4 Å². The lowest BCUT2D eigenvalue weighted by Gasteiger charge is -2.15. The van der Waals surface area contributed by atoms with Gasteiger partial charge >= 0.3 is 11.9 Å². The van der Waals surface area contributed by atoms with Crippen LogP contribution in [-0.2, 0) is 9.59 Å². The molecule has 1 atom stereocenters. The van der Waals surface area contributed by atoms with Gasteiger partial charge in [-0.1, -0.05) is 43.7 Å². The van der Waals surface area contributed by atoms with Gasteiger partial charge in [0, 0.05) is 41.3 Å². The normalized spacial score (nSPS) is 11.8. The topological polar surface area (TPSA) is 146 Å². The number of carbonyl (C=O) groups is 3. The lowest BCUT2D eigenvalue weighted by Crippen LogP contribution is -2.35. The van der Waals surface area contributed by atoms with Gasteiger partial charge in [0.25, 0.3) is 0 Å². The number of benzene rings is 2. The first-order valence-electron chi connectivity index (χ1n) is 11.3. The Morgan fingerprint density at radius 3 is 2.17 bits per heavy atom. The number of carboxylic acids is 2. The first kappa shape index (κ1) is 28.3. The van der Waals surface area contributed by atoms with Gasteiger partial charge in [0.2, 0.25) is 5.78 Å². The highest BCUT2D eigenvalue weighted by molar-refractivity contribution is 6.10. The molecular formula is C27H31NO8. The third kappa shape index (κ3) is 8.68. The maximum absolute atomic E-state index is 12.8. The third-order valence-corrected chi connectivity index (χ3v) is 5.00. The molecule has 3 aromatic rings. The average molecular weight is 498 g/mol. The van der Waals surface area contributed by atoms with Gasteiger partial charge in [0.05, 0.1) is 0 Å². The summed E-state index contributed by atoms with van der Waals surface area (Å²) in [5.74, 6) is -1.67. The lowest BCUT2D eigenvalue weighted by atomic mass is 10.0. The average Bonchev–Trinajstić information content (AvgIpc) is 3.16. The molecule has 0 aliphatic rings. The predicted molar refractivity (Wildman–Crippen MR) is 135 cm³/mol. The zero-order valence-corrected chi connectivity index (χ0v) is 20.6. The molecule has 0 spiro atoms. The predicted octanol–water partition coefficient (Wildman–Crippen LogP) is 3.73. The molecule has 3 rings (SSSR count). The molecule has 36 heavy (non-hydrogen) atoms. The van der Waals surface area contributed by atoms with Gasteiger partial charge in [-0.2, -0.15) is 0 Å². The van der Waals surface area contributed by atoms with Gasteiger partial charge in [-0.15, -0.1) is 0 Å². The zero-order valence-electron chi connectivity index (χ0n) is 20.6. The number of nitrogens with one attached hydrogen (secondary N) is 1. The minimum atomic E-state index is -1.26. The molecule has 9 heteroatoms. The van der Waals surface area contributed by atoms with Crippen LogP contribution in [0.15, 0.2) is 59.0 Å². The maximum Gasteiger partial charge on any atom is 0.328 e. The molecule has 2 aromatic carbocycles. The molecule has 0 radical (unpaired) electrons. The van der Waals surface area contributed by atoms with Crippen LogP contribution in [0.25, 0.3) is 11.0 Å². The van der Waals surface area contributed by atoms with E-state index in [1.54, 1.807) is 12.1 Å². The molecule has 0 bridgehead atoms. The summed E-state index contributed by atoms with van der Waals surface area (Å²) in [7, 11) is 0. The standard InChI is InChI=1S/C23H27NO4.C4H4O4/c1-14(2)24-12-18(25)13-27-19-9-10-21-20(11-19)16(4)23(28-21)22(26)17-7-5-15(3)6-8-17;5-3(6)1-2-4(7)8/h5-11,14,18,24-25H,12-13H2,1-4H3;1-2H,(H,5,6)(H,7,8)/b;2-1-. The molecule has 0 aliphatic carbocycles. The summed E-state index contributed by atoms with van der Waals surface area (Å²) in [6, 6.07) is 13.2. The van der Waals surface area contributed by atoms with E-state index in [0.29, 0.717) is 47.4 Å². The molecule has 0 amide bonds. The van der Waals surface area contributed by atoms with Gasteiger partial charge in [0.1, 0.15) is 24.0 Å². The summed E-state index contributed by atoms with van der Waals surface area (Å²) >= 11 is 0. The first-order valence-corrected chi connectivity index (χ1v) is 11.3. The number of rotatable bonds is 10. The van der Waals surface area contributed by atoms with E-state index >= 15 is 0 Å². The molecule has 0 saturated carbocycles. The number of aliphatic hydroxyl groups is 1. The molecule has 4 N–H and O–H groups in total. The summed E-state index contributed by atoms with van der Waals surface area (Å²) in [5, 5.41) is 29.6. The minimum Gasteiger partial charge on any atom is -0.491 e. The zero-order chi connectivity index (χ0) is 26.8. The minimum absolute atomic E-state index is 0.133. The quantitative estimate of drug-likeness (QED) is 0.243.